The number of ketones is 1. The Bertz CT molecular complexity index is 720. The highest BCUT2D eigenvalue weighted by atomic mass is 19.4. The van der Waals surface area contributed by atoms with Gasteiger partial charge in [-0.05, 0) is 49.5 Å². The molecule has 29 heavy (non-hydrogen) atoms. The number of hydrogen-bond donors (Lipinski definition) is 1. The first-order valence-electron chi connectivity index (χ1n) is 10.2. The van der Waals surface area contributed by atoms with Gasteiger partial charge in [0, 0.05) is 19.3 Å². The SMILES string of the molecule is Cc1ccc([C@H](N[C@@H](CC(F)(F)CC2CC2)C(=O)CC2(C)CC2)C(F)(F)F)cc1. The van der Waals surface area contributed by atoms with Crippen molar-refractivity contribution in [2.24, 2.45) is 11.3 Å². The van der Waals surface area contributed by atoms with E-state index >= 15 is 0 Å². The van der Waals surface area contributed by atoms with Gasteiger partial charge < -0.3 is 0 Å². The van der Waals surface area contributed by atoms with Crippen molar-refractivity contribution in [2.75, 3.05) is 0 Å². The molecule has 0 bridgehead atoms. The molecule has 3 rings (SSSR count). The second-order valence-corrected chi connectivity index (χ2v) is 9.27. The normalized spacial score (nSPS) is 20.9. The molecule has 1 aromatic carbocycles. The molecular weight excluding hydrogens is 389 g/mol. The van der Waals surface area contributed by atoms with Crippen LogP contribution in [-0.4, -0.2) is 23.9 Å². The van der Waals surface area contributed by atoms with Gasteiger partial charge in [-0.15, -0.1) is 0 Å². The first-order valence-corrected chi connectivity index (χ1v) is 10.2. The molecule has 0 amide bonds. The predicted molar refractivity (Wildman–Crippen MR) is 101 cm³/mol. The summed E-state index contributed by atoms with van der Waals surface area (Å²) in [5.41, 5.74) is 0.448. The Labute approximate surface area is 168 Å². The summed E-state index contributed by atoms with van der Waals surface area (Å²) >= 11 is 0. The number of carbonyl (C=O) groups is 1. The molecule has 162 valence electrons. The average Bonchev–Trinajstić information content (AvgIpc) is 3.51. The predicted octanol–water partition coefficient (Wildman–Crippen LogP) is 6.14. The molecule has 2 nitrogen and oxygen atoms in total. The molecule has 0 aliphatic heterocycles. The molecular formula is C22H28F5NO. The summed E-state index contributed by atoms with van der Waals surface area (Å²) in [6.45, 7) is 3.62. The Kier molecular flexibility index (Phi) is 6.10. The number of alkyl halides is 5. The van der Waals surface area contributed by atoms with Crippen LogP contribution >= 0.6 is 0 Å². The maximum absolute atomic E-state index is 14.5. The Morgan fingerprint density at radius 2 is 1.72 bits per heavy atom. The van der Waals surface area contributed by atoms with E-state index in [2.05, 4.69) is 5.32 Å². The second-order valence-electron chi connectivity index (χ2n) is 9.27. The molecule has 7 heteroatoms. The number of carbonyl (C=O) groups excluding carboxylic acids is 1. The fourth-order valence-corrected chi connectivity index (χ4v) is 3.67. The van der Waals surface area contributed by atoms with Crippen LogP contribution in [0.5, 0.6) is 0 Å². The fourth-order valence-electron chi connectivity index (χ4n) is 3.67. The summed E-state index contributed by atoms with van der Waals surface area (Å²) in [7, 11) is 0. The van der Waals surface area contributed by atoms with Crippen LogP contribution in [0.4, 0.5) is 22.0 Å². The van der Waals surface area contributed by atoms with Crippen LogP contribution < -0.4 is 5.32 Å². The maximum Gasteiger partial charge on any atom is 0.407 e. The number of nitrogens with one attached hydrogen (secondary N) is 1. The van der Waals surface area contributed by atoms with Crippen LogP contribution in [0.2, 0.25) is 0 Å². The fraction of sp³-hybridized carbons (Fsp3) is 0.682. The molecule has 2 aliphatic carbocycles. The minimum absolute atomic E-state index is 0.0304. The lowest BCUT2D eigenvalue weighted by molar-refractivity contribution is -0.163. The Hall–Kier alpha value is -1.50. The van der Waals surface area contributed by atoms with Crippen molar-refractivity contribution >= 4 is 5.78 Å². The van der Waals surface area contributed by atoms with Crippen LogP contribution in [-0.2, 0) is 4.79 Å². The third kappa shape index (κ3) is 6.49. The standard InChI is InChI=1S/C22H28F5NO/c1-14-3-7-16(8-4-14)19(22(25,26)27)28-17(18(29)13-20(2)9-10-20)12-21(23,24)11-15-5-6-15/h3-4,7-8,15,17,19,28H,5-6,9-13H2,1-2H3/t17-,19-/m0/s1. The average molecular weight is 417 g/mol. The van der Waals surface area contributed by atoms with E-state index in [1.54, 1.807) is 19.1 Å². The molecule has 2 aliphatic rings. The number of aryl methyl sites for hydroxylation is 1. The van der Waals surface area contributed by atoms with E-state index in [0.29, 0.717) is 12.8 Å². The van der Waals surface area contributed by atoms with Crippen molar-refractivity contribution in [3.63, 3.8) is 0 Å². The second kappa shape index (κ2) is 7.97. The van der Waals surface area contributed by atoms with Gasteiger partial charge in [0.1, 0.15) is 6.04 Å². The monoisotopic (exact) mass is 417 g/mol. The molecule has 2 fully saturated rings. The lowest BCUT2D eigenvalue weighted by Crippen LogP contribution is -2.47. The maximum atomic E-state index is 14.5. The van der Waals surface area contributed by atoms with Crippen molar-refractivity contribution in [3.8, 4) is 0 Å². The quantitative estimate of drug-likeness (QED) is 0.463. The first-order chi connectivity index (χ1) is 13.4. The van der Waals surface area contributed by atoms with Gasteiger partial charge in [0.05, 0.1) is 6.04 Å². The van der Waals surface area contributed by atoms with Gasteiger partial charge in [0.25, 0.3) is 0 Å². The number of halogens is 5. The molecule has 0 heterocycles. The Morgan fingerprint density at radius 3 is 2.21 bits per heavy atom. The minimum atomic E-state index is -4.71. The van der Waals surface area contributed by atoms with Gasteiger partial charge in [0.15, 0.2) is 5.78 Å². The Balaban J connectivity index is 1.81. The van der Waals surface area contributed by atoms with Gasteiger partial charge >= 0.3 is 6.18 Å². The van der Waals surface area contributed by atoms with Crippen LogP contribution in [0, 0.1) is 18.3 Å². The highest BCUT2D eigenvalue weighted by Gasteiger charge is 2.48. The summed E-state index contributed by atoms with van der Waals surface area (Å²) < 4.78 is 70.3. The third-order valence-electron chi connectivity index (χ3n) is 5.99. The number of benzene rings is 1. The van der Waals surface area contributed by atoms with Crippen molar-refractivity contribution < 1.29 is 26.7 Å². The van der Waals surface area contributed by atoms with Gasteiger partial charge in [-0.1, -0.05) is 36.8 Å². The molecule has 2 atom stereocenters. The zero-order chi connectivity index (χ0) is 21.4. The highest BCUT2D eigenvalue weighted by Crippen LogP contribution is 2.49. The minimum Gasteiger partial charge on any atom is -0.298 e. The van der Waals surface area contributed by atoms with E-state index in [1.165, 1.54) is 12.1 Å². The molecule has 0 saturated heterocycles. The topological polar surface area (TPSA) is 29.1 Å². The summed E-state index contributed by atoms with van der Waals surface area (Å²) in [6.07, 6.45) is -2.91. The number of Topliss-reactive ketones (excluding diaryl/α,β-unsaturated/α-hetero) is 1. The van der Waals surface area contributed by atoms with Crippen LogP contribution in [0.25, 0.3) is 0 Å². The highest BCUT2D eigenvalue weighted by molar-refractivity contribution is 5.85. The summed E-state index contributed by atoms with van der Waals surface area (Å²) in [4.78, 5) is 12.8. The largest absolute Gasteiger partial charge is 0.407 e. The summed E-state index contributed by atoms with van der Waals surface area (Å²) in [6, 6.07) is 2.04. The zero-order valence-electron chi connectivity index (χ0n) is 16.8. The molecule has 0 unspecified atom stereocenters. The van der Waals surface area contributed by atoms with Gasteiger partial charge in [0.2, 0.25) is 5.92 Å². The smallest absolute Gasteiger partial charge is 0.298 e. The number of rotatable bonds is 10. The summed E-state index contributed by atoms with van der Waals surface area (Å²) in [5.74, 6) is -3.80. The van der Waals surface area contributed by atoms with Crippen molar-refractivity contribution in [3.05, 3.63) is 35.4 Å². The molecule has 0 radical (unpaired) electrons. The van der Waals surface area contributed by atoms with Crippen LogP contribution in [0.15, 0.2) is 24.3 Å². The summed E-state index contributed by atoms with van der Waals surface area (Å²) in [5, 5.41) is 2.28. The zero-order valence-corrected chi connectivity index (χ0v) is 16.8. The van der Waals surface area contributed by atoms with Gasteiger partial charge in [-0.3, -0.25) is 10.1 Å². The van der Waals surface area contributed by atoms with Gasteiger partial charge in [-0.25, -0.2) is 8.78 Å². The van der Waals surface area contributed by atoms with Crippen molar-refractivity contribution in [1.29, 1.82) is 0 Å². The Morgan fingerprint density at radius 1 is 1.14 bits per heavy atom. The molecule has 0 aromatic heterocycles. The van der Waals surface area contributed by atoms with Crippen LogP contribution in [0.1, 0.15) is 69.0 Å². The first kappa shape index (κ1) is 22.2. The van der Waals surface area contributed by atoms with Crippen LogP contribution in [0.3, 0.4) is 0 Å². The van der Waals surface area contributed by atoms with E-state index in [0.717, 1.165) is 18.4 Å². The molecule has 2 saturated carbocycles. The molecule has 1 N–H and O–H groups in total. The van der Waals surface area contributed by atoms with Crippen molar-refractivity contribution in [1.82, 2.24) is 5.32 Å². The van der Waals surface area contributed by atoms with E-state index in [4.69, 9.17) is 0 Å². The number of hydrogen-bond acceptors (Lipinski definition) is 2. The van der Waals surface area contributed by atoms with E-state index in [1.807, 2.05) is 6.92 Å². The van der Waals surface area contributed by atoms with Crippen molar-refractivity contribution in [2.45, 2.75) is 83.0 Å². The van der Waals surface area contributed by atoms with Gasteiger partial charge in [-0.2, -0.15) is 13.2 Å². The third-order valence-corrected chi connectivity index (χ3v) is 5.99. The lowest BCUT2D eigenvalue weighted by Gasteiger charge is -2.30. The molecule has 0 spiro atoms. The molecule has 1 aromatic rings. The lowest BCUT2D eigenvalue weighted by atomic mass is 9.91. The van der Waals surface area contributed by atoms with E-state index in [-0.39, 0.29) is 29.7 Å². The van der Waals surface area contributed by atoms with E-state index < -0.39 is 36.4 Å². The van der Waals surface area contributed by atoms with E-state index in [9.17, 15) is 26.7 Å².